The molecule has 0 atom stereocenters. The van der Waals surface area contributed by atoms with Gasteiger partial charge in [-0.2, -0.15) is 0 Å². The van der Waals surface area contributed by atoms with Crippen LogP contribution in [0.4, 0.5) is 5.69 Å². The summed E-state index contributed by atoms with van der Waals surface area (Å²) >= 11 is 0. The molecule has 0 aliphatic carbocycles. The van der Waals surface area contributed by atoms with Gasteiger partial charge in [-0.3, -0.25) is 10.1 Å². The third-order valence-electron chi connectivity index (χ3n) is 8.89. The predicted octanol–water partition coefficient (Wildman–Crippen LogP) is 7.24. The van der Waals surface area contributed by atoms with Gasteiger partial charge >= 0.3 is 11.6 Å². The lowest BCUT2D eigenvalue weighted by Crippen LogP contribution is -2.44. The average molecular weight is 684 g/mol. The number of tetrazole rings is 2. The molecule has 0 bridgehead atoms. The molecule has 0 unspecified atom stereocenters. The van der Waals surface area contributed by atoms with Crippen LogP contribution in [0.2, 0.25) is 0 Å². The first-order chi connectivity index (χ1) is 25.3. The van der Waals surface area contributed by atoms with Crippen LogP contribution in [-0.4, -0.2) is 34.9 Å². The first kappa shape index (κ1) is 32.1. The molecule has 0 fully saturated rings. The summed E-state index contributed by atoms with van der Waals surface area (Å²) in [6.45, 7) is 6.18. The summed E-state index contributed by atoms with van der Waals surface area (Å²) in [6.07, 6.45) is 0. The number of non-ortho nitro benzene ring substituents is 1. The van der Waals surface area contributed by atoms with Gasteiger partial charge in [0.15, 0.2) is 11.4 Å². The second-order valence-corrected chi connectivity index (χ2v) is 12.5. The Kier molecular flexibility index (Phi) is 8.20. The molecule has 52 heavy (non-hydrogen) atoms. The molecule has 2 aromatic heterocycles. The fourth-order valence-corrected chi connectivity index (χ4v) is 6.12. The molecule has 0 amide bonds. The van der Waals surface area contributed by atoms with Gasteiger partial charge in [-0.15, -0.1) is 0 Å². The Balaban J connectivity index is 1.17. The fraction of sp³-hybridized carbons (Fsp3) is 0.0732. The van der Waals surface area contributed by atoms with E-state index in [-0.39, 0.29) is 5.69 Å². The van der Waals surface area contributed by atoms with E-state index in [2.05, 4.69) is 56.3 Å². The normalized spacial score (nSPS) is 11.1. The van der Waals surface area contributed by atoms with E-state index in [9.17, 15) is 10.1 Å². The summed E-state index contributed by atoms with van der Waals surface area (Å²) in [6, 6.07) is 46.8. The van der Waals surface area contributed by atoms with Crippen LogP contribution in [0.15, 0.2) is 146 Å². The van der Waals surface area contributed by atoms with Gasteiger partial charge in [0.2, 0.25) is 0 Å². The Morgan fingerprint density at radius 3 is 1.35 bits per heavy atom. The minimum Gasteiger partial charge on any atom is -0.258 e. The number of aromatic nitrogens is 8. The van der Waals surface area contributed by atoms with E-state index in [0.29, 0.717) is 17.3 Å². The molecule has 0 aliphatic rings. The molecule has 2 heterocycles. The van der Waals surface area contributed by atoms with Crippen molar-refractivity contribution in [2.75, 3.05) is 0 Å². The van der Waals surface area contributed by atoms with E-state index in [0.717, 1.165) is 50.4 Å². The van der Waals surface area contributed by atoms with Gasteiger partial charge in [0.25, 0.3) is 5.69 Å². The van der Waals surface area contributed by atoms with E-state index in [1.54, 1.807) is 21.7 Å². The first-order valence-electron chi connectivity index (χ1n) is 16.8. The van der Waals surface area contributed by atoms with Gasteiger partial charge in [0.05, 0.1) is 26.2 Å². The van der Waals surface area contributed by atoms with Crippen LogP contribution in [-0.2, 0) is 0 Å². The highest BCUT2D eigenvalue weighted by Crippen LogP contribution is 2.26. The highest BCUT2D eigenvalue weighted by molar-refractivity contribution is 5.68. The van der Waals surface area contributed by atoms with E-state index >= 15 is 0 Å². The second kappa shape index (κ2) is 13.3. The third-order valence-corrected chi connectivity index (χ3v) is 8.89. The second-order valence-electron chi connectivity index (χ2n) is 12.5. The molecule has 11 nitrogen and oxygen atoms in total. The van der Waals surface area contributed by atoms with Crippen LogP contribution in [0.25, 0.3) is 56.7 Å². The largest absolute Gasteiger partial charge is 0.340 e. The predicted molar refractivity (Wildman–Crippen MR) is 197 cm³/mol. The van der Waals surface area contributed by atoms with Crippen molar-refractivity contribution in [3.63, 3.8) is 0 Å². The molecule has 0 aliphatic heterocycles. The Bertz CT molecular complexity index is 2560. The van der Waals surface area contributed by atoms with Gasteiger partial charge in [0, 0.05) is 32.9 Å². The molecule has 0 spiro atoms. The maximum Gasteiger partial charge on any atom is 0.340 e. The topological polar surface area (TPSA) is 112 Å². The Morgan fingerprint density at radius 1 is 0.519 bits per heavy atom. The number of nitro groups is 1. The van der Waals surface area contributed by atoms with E-state index in [4.69, 9.17) is 20.4 Å². The highest BCUT2D eigenvalue weighted by Gasteiger charge is 2.27. The van der Waals surface area contributed by atoms with Gasteiger partial charge in [-0.25, -0.2) is 0 Å². The number of nitro benzene ring substituents is 1. The standard InChI is InChI=1S/C41H33N9O2/c1-28-14-18-35(19-15-28)46-42-40(31-10-6-4-7-11-31)44-48(46)38-24-16-33(26-29(38)2)34-17-25-39(30(3)27-34)49-45-41(32-12-8-5-9-13-32)43-47(49)36-20-22-37(23-21-36)50(51)52/h4-27H,1-3H3/q+2. The smallest absolute Gasteiger partial charge is 0.258 e. The minimum absolute atomic E-state index is 0.00552. The van der Waals surface area contributed by atoms with Gasteiger partial charge in [-0.1, -0.05) is 54.1 Å². The SMILES string of the molecule is Cc1ccc(-n2nc(-c3ccccc3)n[n+]2-c2ccc(-c3ccc(-[n+]4nc(-c5ccccc5)nn4-c4ccc([N+](=O)[O-])cc4)c(C)c3)cc2C)cc1. The number of rotatable bonds is 8. The monoisotopic (exact) mass is 683 g/mol. The molecule has 11 heteroatoms. The maximum absolute atomic E-state index is 11.3. The number of benzene rings is 6. The Labute approximate surface area is 299 Å². The van der Waals surface area contributed by atoms with E-state index < -0.39 is 4.92 Å². The van der Waals surface area contributed by atoms with Crippen LogP contribution in [0, 0.1) is 30.9 Å². The molecule has 252 valence electrons. The van der Waals surface area contributed by atoms with Crippen LogP contribution in [0.5, 0.6) is 0 Å². The van der Waals surface area contributed by atoms with Crippen LogP contribution in [0.3, 0.4) is 0 Å². The molecular weight excluding hydrogens is 651 g/mol. The number of aryl methyl sites for hydroxylation is 3. The van der Waals surface area contributed by atoms with Gasteiger partial charge in [0.1, 0.15) is 11.4 Å². The van der Waals surface area contributed by atoms with Crippen LogP contribution < -0.4 is 9.59 Å². The van der Waals surface area contributed by atoms with Crippen molar-refractivity contribution in [3.8, 4) is 56.7 Å². The van der Waals surface area contributed by atoms with Crippen molar-refractivity contribution < 1.29 is 14.5 Å². The van der Waals surface area contributed by atoms with Crippen molar-refractivity contribution in [1.29, 1.82) is 0 Å². The van der Waals surface area contributed by atoms with Crippen molar-refractivity contribution >= 4 is 5.69 Å². The Hall–Kier alpha value is -7.14. The zero-order valence-electron chi connectivity index (χ0n) is 28.7. The van der Waals surface area contributed by atoms with Crippen LogP contribution >= 0.6 is 0 Å². The molecule has 6 aromatic carbocycles. The molecule has 0 radical (unpaired) electrons. The van der Waals surface area contributed by atoms with Crippen molar-refractivity contribution in [2.24, 2.45) is 0 Å². The van der Waals surface area contributed by atoms with Gasteiger partial charge in [-0.05, 0) is 137 Å². The molecule has 0 saturated heterocycles. The lowest BCUT2D eigenvalue weighted by molar-refractivity contribution is -0.735. The van der Waals surface area contributed by atoms with Crippen molar-refractivity contribution in [1.82, 2.24) is 30.0 Å². The Morgan fingerprint density at radius 2 is 0.942 bits per heavy atom. The highest BCUT2D eigenvalue weighted by atomic mass is 16.6. The summed E-state index contributed by atoms with van der Waals surface area (Å²) in [4.78, 5) is 18.0. The molecular formula is C41H33N9O2+2. The minimum atomic E-state index is -0.415. The van der Waals surface area contributed by atoms with Crippen molar-refractivity contribution in [2.45, 2.75) is 20.8 Å². The van der Waals surface area contributed by atoms with E-state index in [1.165, 1.54) is 17.7 Å². The molecule has 8 rings (SSSR count). The maximum atomic E-state index is 11.3. The zero-order chi connectivity index (χ0) is 35.8. The fourth-order valence-electron chi connectivity index (χ4n) is 6.12. The summed E-state index contributed by atoms with van der Waals surface area (Å²) in [5, 5.41) is 30.9. The first-order valence-corrected chi connectivity index (χ1v) is 16.8. The number of hydrogen-bond donors (Lipinski definition) is 0. The van der Waals surface area contributed by atoms with E-state index in [1.807, 2.05) is 95.4 Å². The lowest BCUT2D eigenvalue weighted by atomic mass is 10.00. The molecule has 0 saturated carbocycles. The van der Waals surface area contributed by atoms with Crippen molar-refractivity contribution in [3.05, 3.63) is 172 Å². The third kappa shape index (κ3) is 6.11. The quantitative estimate of drug-likeness (QED) is 0.0949. The summed E-state index contributed by atoms with van der Waals surface area (Å²) in [7, 11) is 0. The molecule has 8 aromatic rings. The van der Waals surface area contributed by atoms with Crippen LogP contribution in [0.1, 0.15) is 16.7 Å². The zero-order valence-corrected chi connectivity index (χ0v) is 28.7. The summed E-state index contributed by atoms with van der Waals surface area (Å²) in [5.74, 6) is 1.16. The lowest BCUT2D eigenvalue weighted by Gasteiger charge is -2.09. The summed E-state index contributed by atoms with van der Waals surface area (Å²) < 4.78 is 0. The number of nitrogens with zero attached hydrogens (tertiary/aromatic N) is 9. The summed E-state index contributed by atoms with van der Waals surface area (Å²) in [5.41, 5.74) is 10.3. The van der Waals surface area contributed by atoms with Gasteiger partial charge < -0.3 is 0 Å². The number of hydrogen-bond acceptors (Lipinski definition) is 6. The average Bonchev–Trinajstić information content (AvgIpc) is 3.82. The molecule has 0 N–H and O–H groups in total.